The first-order valence-electron chi connectivity index (χ1n) is 5.93. The summed E-state index contributed by atoms with van der Waals surface area (Å²) in [6, 6.07) is 4.30. The zero-order chi connectivity index (χ0) is 13.6. The minimum atomic E-state index is -3.46. The lowest BCUT2D eigenvalue weighted by Crippen LogP contribution is -2.11. The van der Waals surface area contributed by atoms with Gasteiger partial charge < -0.3 is 5.32 Å². The molecule has 0 heterocycles. The van der Waals surface area contributed by atoms with Gasteiger partial charge in [0.05, 0.1) is 11.9 Å². The summed E-state index contributed by atoms with van der Waals surface area (Å²) >= 11 is 0. The molecular weight excluding hydrogens is 255 g/mol. The highest BCUT2D eigenvalue weighted by atomic mass is 32.2. The maximum absolute atomic E-state index is 13.4. The first-order chi connectivity index (χ1) is 8.42. The third-order valence-corrected chi connectivity index (χ3v) is 2.96. The highest BCUT2D eigenvalue weighted by molar-refractivity contribution is 7.92. The predicted octanol–water partition coefficient (Wildman–Crippen LogP) is 2.80. The Morgan fingerprint density at radius 2 is 2.00 bits per heavy atom. The van der Waals surface area contributed by atoms with Crippen LogP contribution >= 0.6 is 0 Å². The van der Waals surface area contributed by atoms with E-state index in [0.29, 0.717) is 5.69 Å². The summed E-state index contributed by atoms with van der Waals surface area (Å²) in [6.07, 6.45) is 4.28. The molecule has 0 amide bonds. The van der Waals surface area contributed by atoms with E-state index in [1.54, 1.807) is 6.07 Å². The highest BCUT2D eigenvalue weighted by Crippen LogP contribution is 2.20. The first kappa shape index (κ1) is 14.8. The van der Waals surface area contributed by atoms with Crippen molar-refractivity contribution in [2.24, 2.45) is 0 Å². The minimum Gasteiger partial charge on any atom is -0.385 e. The van der Waals surface area contributed by atoms with Crippen molar-refractivity contribution < 1.29 is 12.8 Å². The SMILES string of the molecule is CCCCCNc1ccc(F)c(NS(C)(=O)=O)c1. The second kappa shape index (κ2) is 6.58. The second-order valence-corrected chi connectivity index (χ2v) is 5.95. The van der Waals surface area contributed by atoms with Crippen LogP contribution in [0.2, 0.25) is 0 Å². The minimum absolute atomic E-state index is 0.0296. The molecule has 0 aliphatic rings. The number of hydrogen-bond acceptors (Lipinski definition) is 3. The molecule has 1 rings (SSSR count). The highest BCUT2D eigenvalue weighted by Gasteiger charge is 2.08. The number of anilines is 2. The summed E-state index contributed by atoms with van der Waals surface area (Å²) in [5, 5.41) is 3.13. The van der Waals surface area contributed by atoms with Gasteiger partial charge in [-0.2, -0.15) is 0 Å². The summed E-state index contributed by atoms with van der Waals surface area (Å²) in [5.41, 5.74) is 0.677. The molecule has 0 saturated carbocycles. The van der Waals surface area contributed by atoms with Crippen molar-refractivity contribution in [3.05, 3.63) is 24.0 Å². The lowest BCUT2D eigenvalue weighted by atomic mass is 10.2. The quantitative estimate of drug-likeness (QED) is 0.752. The normalized spacial score (nSPS) is 11.3. The van der Waals surface area contributed by atoms with Gasteiger partial charge in [-0.05, 0) is 24.6 Å². The van der Waals surface area contributed by atoms with Gasteiger partial charge in [-0.15, -0.1) is 0 Å². The summed E-state index contributed by atoms with van der Waals surface area (Å²) in [6.45, 7) is 2.91. The fraction of sp³-hybridized carbons (Fsp3) is 0.500. The van der Waals surface area contributed by atoms with Crippen molar-refractivity contribution in [1.82, 2.24) is 0 Å². The Hall–Kier alpha value is -1.30. The number of unbranched alkanes of at least 4 members (excludes halogenated alkanes) is 2. The van der Waals surface area contributed by atoms with E-state index in [4.69, 9.17) is 0 Å². The molecule has 0 radical (unpaired) electrons. The average molecular weight is 274 g/mol. The summed E-state index contributed by atoms with van der Waals surface area (Å²) in [5.74, 6) is -0.584. The van der Waals surface area contributed by atoms with E-state index in [0.717, 1.165) is 32.1 Å². The van der Waals surface area contributed by atoms with E-state index >= 15 is 0 Å². The fourth-order valence-electron chi connectivity index (χ4n) is 1.52. The van der Waals surface area contributed by atoms with E-state index in [2.05, 4.69) is 17.0 Å². The molecule has 0 spiro atoms. The van der Waals surface area contributed by atoms with Gasteiger partial charge in [0.25, 0.3) is 0 Å². The molecule has 1 aromatic rings. The maximum Gasteiger partial charge on any atom is 0.229 e. The van der Waals surface area contributed by atoms with Crippen molar-refractivity contribution in [3.63, 3.8) is 0 Å². The molecule has 6 heteroatoms. The van der Waals surface area contributed by atoms with Gasteiger partial charge in [-0.25, -0.2) is 12.8 Å². The zero-order valence-electron chi connectivity index (χ0n) is 10.7. The number of benzene rings is 1. The molecule has 0 bridgehead atoms. The molecule has 2 N–H and O–H groups in total. The van der Waals surface area contributed by atoms with Crippen LogP contribution in [0.1, 0.15) is 26.2 Å². The summed E-state index contributed by atoms with van der Waals surface area (Å²) < 4.78 is 37.7. The van der Waals surface area contributed by atoms with Crippen LogP contribution in [0.25, 0.3) is 0 Å². The standard InChI is InChI=1S/C12H19FN2O2S/c1-3-4-5-8-14-10-6-7-11(13)12(9-10)15-18(2,16)17/h6-7,9,14-15H,3-5,8H2,1-2H3. The van der Waals surface area contributed by atoms with Crippen molar-refractivity contribution in [2.75, 3.05) is 22.8 Å². The van der Waals surface area contributed by atoms with Crippen LogP contribution in [0.3, 0.4) is 0 Å². The first-order valence-corrected chi connectivity index (χ1v) is 7.82. The average Bonchev–Trinajstić information content (AvgIpc) is 2.27. The molecule has 0 aliphatic carbocycles. The lowest BCUT2D eigenvalue weighted by Gasteiger charge is -2.10. The fourth-order valence-corrected chi connectivity index (χ4v) is 2.08. The number of rotatable bonds is 7. The second-order valence-electron chi connectivity index (χ2n) is 4.20. The van der Waals surface area contributed by atoms with Crippen molar-refractivity contribution in [2.45, 2.75) is 26.2 Å². The molecule has 0 aromatic heterocycles. The van der Waals surface area contributed by atoms with Crippen LogP contribution in [-0.2, 0) is 10.0 Å². The number of halogens is 1. The van der Waals surface area contributed by atoms with E-state index in [1.165, 1.54) is 12.1 Å². The molecule has 4 nitrogen and oxygen atoms in total. The van der Waals surface area contributed by atoms with Crippen LogP contribution in [0.15, 0.2) is 18.2 Å². The van der Waals surface area contributed by atoms with Crippen LogP contribution in [0.4, 0.5) is 15.8 Å². The Morgan fingerprint density at radius 1 is 1.28 bits per heavy atom. The Morgan fingerprint density at radius 3 is 2.61 bits per heavy atom. The zero-order valence-corrected chi connectivity index (χ0v) is 11.5. The Balaban J connectivity index is 2.68. The number of nitrogens with one attached hydrogen (secondary N) is 2. The maximum atomic E-state index is 13.4. The van der Waals surface area contributed by atoms with Gasteiger partial charge in [0.1, 0.15) is 5.82 Å². The molecule has 0 unspecified atom stereocenters. The van der Waals surface area contributed by atoms with Crippen molar-refractivity contribution in [1.29, 1.82) is 0 Å². The third-order valence-electron chi connectivity index (χ3n) is 2.37. The van der Waals surface area contributed by atoms with Crippen LogP contribution in [0.5, 0.6) is 0 Å². The van der Waals surface area contributed by atoms with E-state index in [9.17, 15) is 12.8 Å². The van der Waals surface area contributed by atoms with E-state index < -0.39 is 15.8 Å². The van der Waals surface area contributed by atoms with Gasteiger partial charge in [-0.3, -0.25) is 4.72 Å². The molecule has 1 aromatic carbocycles. The van der Waals surface area contributed by atoms with Crippen molar-refractivity contribution >= 4 is 21.4 Å². The van der Waals surface area contributed by atoms with Gasteiger partial charge >= 0.3 is 0 Å². The smallest absolute Gasteiger partial charge is 0.229 e. The number of hydrogen-bond donors (Lipinski definition) is 2. The molecule has 102 valence electrons. The summed E-state index contributed by atoms with van der Waals surface area (Å²) in [4.78, 5) is 0. The molecule has 0 aliphatic heterocycles. The molecule has 0 atom stereocenters. The van der Waals surface area contributed by atoms with Crippen molar-refractivity contribution in [3.8, 4) is 0 Å². The largest absolute Gasteiger partial charge is 0.385 e. The monoisotopic (exact) mass is 274 g/mol. The number of sulfonamides is 1. The molecule has 0 saturated heterocycles. The summed E-state index contributed by atoms with van der Waals surface area (Å²) in [7, 11) is -3.46. The van der Waals surface area contributed by atoms with Crippen LogP contribution in [0, 0.1) is 5.82 Å². The Bertz CT molecular complexity index is 489. The van der Waals surface area contributed by atoms with Crippen LogP contribution in [-0.4, -0.2) is 21.2 Å². The lowest BCUT2D eigenvalue weighted by molar-refractivity contribution is 0.604. The molecule has 0 fully saturated rings. The van der Waals surface area contributed by atoms with E-state index in [1.807, 2.05) is 0 Å². The topological polar surface area (TPSA) is 58.2 Å². The van der Waals surface area contributed by atoms with Gasteiger partial charge in [-0.1, -0.05) is 19.8 Å². The van der Waals surface area contributed by atoms with Crippen LogP contribution < -0.4 is 10.0 Å². The molecular formula is C12H19FN2O2S. The molecule has 18 heavy (non-hydrogen) atoms. The predicted molar refractivity (Wildman–Crippen MR) is 72.9 cm³/mol. The van der Waals surface area contributed by atoms with Gasteiger partial charge in [0, 0.05) is 12.2 Å². The van der Waals surface area contributed by atoms with Gasteiger partial charge in [0.15, 0.2) is 0 Å². The van der Waals surface area contributed by atoms with Gasteiger partial charge in [0.2, 0.25) is 10.0 Å². The third kappa shape index (κ3) is 5.35. The Labute approximate surface area is 108 Å². The Kier molecular flexibility index (Phi) is 5.40. The van der Waals surface area contributed by atoms with E-state index in [-0.39, 0.29) is 5.69 Å².